The Balaban J connectivity index is 1.83. The van der Waals surface area contributed by atoms with Crippen molar-refractivity contribution in [1.29, 1.82) is 0 Å². The van der Waals surface area contributed by atoms with E-state index in [2.05, 4.69) is 20.9 Å². The van der Waals surface area contributed by atoms with Crippen LogP contribution in [-0.2, 0) is 11.3 Å². The first-order valence-corrected chi connectivity index (χ1v) is 6.46. The average molecular weight is 303 g/mol. The van der Waals surface area contributed by atoms with Gasteiger partial charge < -0.3 is 10.6 Å². The molecule has 0 fully saturated rings. The van der Waals surface area contributed by atoms with E-state index in [1.165, 1.54) is 18.6 Å². The molecule has 1 aliphatic rings. The molecule has 2 rings (SSSR count). The van der Waals surface area contributed by atoms with E-state index in [0.717, 1.165) is 10.6 Å². The van der Waals surface area contributed by atoms with Crippen molar-refractivity contribution >= 4 is 23.2 Å². The van der Waals surface area contributed by atoms with Gasteiger partial charge in [-0.2, -0.15) is 0 Å². The van der Waals surface area contributed by atoms with Gasteiger partial charge in [0.15, 0.2) is 0 Å². The number of hydrogen-bond acceptors (Lipinski definition) is 5. The van der Waals surface area contributed by atoms with Crippen LogP contribution in [0.1, 0.15) is 5.56 Å². The SMILES string of the molecule is O=C(N=NC(=S)NCc1ccccc1)C1=CN(O)C=CN1. The van der Waals surface area contributed by atoms with Gasteiger partial charge >= 0.3 is 5.91 Å². The molecule has 108 valence electrons. The summed E-state index contributed by atoms with van der Waals surface area (Å²) in [4.78, 5) is 11.7. The number of hydrogen-bond donors (Lipinski definition) is 3. The summed E-state index contributed by atoms with van der Waals surface area (Å²) in [6.45, 7) is 0.501. The maximum Gasteiger partial charge on any atom is 0.313 e. The highest BCUT2D eigenvalue weighted by Crippen LogP contribution is 2.02. The van der Waals surface area contributed by atoms with Crippen molar-refractivity contribution in [2.45, 2.75) is 6.54 Å². The molecule has 0 aromatic heterocycles. The molecule has 1 aliphatic heterocycles. The fraction of sp³-hybridized carbons (Fsp3) is 0.0769. The zero-order valence-corrected chi connectivity index (χ0v) is 11.7. The lowest BCUT2D eigenvalue weighted by Gasteiger charge is -2.13. The van der Waals surface area contributed by atoms with Crippen LogP contribution in [-0.4, -0.2) is 21.3 Å². The first-order chi connectivity index (χ1) is 10.1. The number of amides is 1. The number of benzene rings is 1. The van der Waals surface area contributed by atoms with E-state index in [1.807, 2.05) is 30.3 Å². The summed E-state index contributed by atoms with van der Waals surface area (Å²) in [7, 11) is 0. The van der Waals surface area contributed by atoms with E-state index in [9.17, 15) is 10.0 Å². The largest absolute Gasteiger partial charge is 0.355 e. The first kappa shape index (κ1) is 14.8. The minimum absolute atomic E-state index is 0.0922. The van der Waals surface area contributed by atoms with Crippen LogP contribution in [0.25, 0.3) is 0 Å². The number of hydroxylamine groups is 2. The lowest BCUT2D eigenvalue weighted by Crippen LogP contribution is -2.23. The molecule has 0 saturated heterocycles. The molecular formula is C13H13N5O2S. The van der Waals surface area contributed by atoms with E-state index in [-0.39, 0.29) is 10.8 Å². The van der Waals surface area contributed by atoms with Crippen molar-refractivity contribution in [2.24, 2.45) is 10.2 Å². The quantitative estimate of drug-likeness (QED) is 0.581. The highest BCUT2D eigenvalue weighted by atomic mass is 32.1. The summed E-state index contributed by atoms with van der Waals surface area (Å²) < 4.78 is 0. The zero-order valence-electron chi connectivity index (χ0n) is 10.9. The molecule has 0 unspecified atom stereocenters. The maximum atomic E-state index is 11.7. The van der Waals surface area contributed by atoms with Gasteiger partial charge in [0.2, 0.25) is 5.11 Å². The number of rotatable bonds is 3. The predicted molar refractivity (Wildman–Crippen MR) is 79.7 cm³/mol. The lowest BCUT2D eigenvalue weighted by molar-refractivity contribution is -0.115. The summed E-state index contributed by atoms with van der Waals surface area (Å²) in [5, 5.41) is 22.7. The van der Waals surface area contributed by atoms with Crippen LogP contribution in [0.3, 0.4) is 0 Å². The highest BCUT2D eigenvalue weighted by molar-refractivity contribution is 7.80. The molecule has 0 radical (unpaired) electrons. The summed E-state index contributed by atoms with van der Waals surface area (Å²) in [6, 6.07) is 9.64. The molecule has 3 N–H and O–H groups in total. The molecule has 0 bridgehead atoms. The third-order valence-corrected chi connectivity index (χ3v) is 2.70. The Morgan fingerprint density at radius 2 is 2.10 bits per heavy atom. The number of thiocarbonyl (C=S) groups is 1. The van der Waals surface area contributed by atoms with E-state index in [4.69, 9.17) is 12.2 Å². The van der Waals surface area contributed by atoms with Crippen molar-refractivity contribution in [2.75, 3.05) is 0 Å². The third-order valence-electron chi connectivity index (χ3n) is 2.48. The standard InChI is InChI=1S/C13H13N5O2S/c19-12(11-9-18(20)7-6-14-11)16-17-13(21)15-8-10-4-2-1-3-5-10/h1-7,9,14,20H,8H2,(H,15,21). The van der Waals surface area contributed by atoms with Gasteiger partial charge in [-0.25, -0.2) is 5.06 Å². The van der Waals surface area contributed by atoms with Gasteiger partial charge in [0.1, 0.15) is 5.70 Å². The van der Waals surface area contributed by atoms with Gasteiger partial charge in [-0.1, -0.05) is 30.3 Å². The second-order valence-electron chi connectivity index (χ2n) is 4.03. The minimum Gasteiger partial charge on any atom is -0.355 e. The fourth-order valence-corrected chi connectivity index (χ4v) is 1.60. The van der Waals surface area contributed by atoms with Crippen molar-refractivity contribution in [3.05, 3.63) is 60.2 Å². The molecule has 8 heteroatoms. The average Bonchev–Trinajstić information content (AvgIpc) is 2.51. The van der Waals surface area contributed by atoms with Gasteiger partial charge in [0.25, 0.3) is 0 Å². The molecule has 0 aliphatic carbocycles. The second kappa shape index (κ2) is 7.27. The van der Waals surface area contributed by atoms with Crippen molar-refractivity contribution in [3.63, 3.8) is 0 Å². The summed E-state index contributed by atoms with van der Waals surface area (Å²) >= 11 is 4.96. The Hall–Kier alpha value is -2.58. The lowest BCUT2D eigenvalue weighted by atomic mass is 10.2. The molecule has 0 spiro atoms. The van der Waals surface area contributed by atoms with Gasteiger partial charge in [-0.3, -0.25) is 10.0 Å². The van der Waals surface area contributed by atoms with Crippen LogP contribution in [0.4, 0.5) is 0 Å². The van der Waals surface area contributed by atoms with Gasteiger partial charge in [0, 0.05) is 18.9 Å². The van der Waals surface area contributed by atoms with Crippen LogP contribution in [0.15, 0.2) is 64.9 Å². The molecule has 21 heavy (non-hydrogen) atoms. The topological polar surface area (TPSA) is 89.3 Å². The number of carbonyl (C=O) groups excluding carboxylic acids is 1. The zero-order chi connectivity index (χ0) is 15.1. The molecule has 1 aromatic rings. The van der Waals surface area contributed by atoms with Crippen molar-refractivity contribution in [3.8, 4) is 0 Å². The summed E-state index contributed by atoms with van der Waals surface area (Å²) in [5.41, 5.74) is 1.13. The predicted octanol–water partition coefficient (Wildman–Crippen LogP) is 1.65. The monoisotopic (exact) mass is 303 g/mol. The summed E-state index contributed by atoms with van der Waals surface area (Å²) in [5.74, 6) is -0.637. The maximum absolute atomic E-state index is 11.7. The number of azo groups is 1. The Kier molecular flexibility index (Phi) is 5.13. The normalized spacial score (nSPS) is 13.8. The van der Waals surface area contributed by atoms with E-state index in [1.54, 1.807) is 0 Å². The molecule has 1 heterocycles. The van der Waals surface area contributed by atoms with Crippen molar-refractivity contribution in [1.82, 2.24) is 15.7 Å². The van der Waals surface area contributed by atoms with Gasteiger partial charge in [-0.15, -0.1) is 10.2 Å². The second-order valence-corrected chi connectivity index (χ2v) is 4.42. The van der Waals surface area contributed by atoms with E-state index >= 15 is 0 Å². The highest BCUT2D eigenvalue weighted by Gasteiger charge is 2.11. The van der Waals surface area contributed by atoms with Crippen LogP contribution in [0.2, 0.25) is 0 Å². The Morgan fingerprint density at radius 3 is 2.81 bits per heavy atom. The van der Waals surface area contributed by atoms with Crippen LogP contribution >= 0.6 is 12.2 Å². The van der Waals surface area contributed by atoms with Crippen LogP contribution in [0, 0.1) is 0 Å². The van der Waals surface area contributed by atoms with Crippen LogP contribution in [0.5, 0.6) is 0 Å². The third kappa shape index (κ3) is 4.79. The molecular weight excluding hydrogens is 290 g/mol. The molecule has 0 atom stereocenters. The van der Waals surface area contributed by atoms with E-state index < -0.39 is 5.91 Å². The Morgan fingerprint density at radius 1 is 1.33 bits per heavy atom. The Bertz CT molecular complexity index is 612. The molecule has 7 nitrogen and oxygen atoms in total. The number of nitrogens with one attached hydrogen (secondary N) is 2. The fourth-order valence-electron chi connectivity index (χ4n) is 1.49. The molecule has 0 saturated carbocycles. The van der Waals surface area contributed by atoms with E-state index in [0.29, 0.717) is 6.54 Å². The first-order valence-electron chi connectivity index (χ1n) is 6.05. The van der Waals surface area contributed by atoms with Gasteiger partial charge in [-0.05, 0) is 17.8 Å². The molecule has 1 amide bonds. The number of nitrogens with zero attached hydrogens (tertiary/aromatic N) is 3. The van der Waals surface area contributed by atoms with Gasteiger partial charge in [0.05, 0.1) is 6.20 Å². The summed E-state index contributed by atoms with van der Waals surface area (Å²) in [6.07, 6.45) is 3.91. The minimum atomic E-state index is -0.637. The van der Waals surface area contributed by atoms with Crippen LogP contribution < -0.4 is 10.6 Å². The smallest absolute Gasteiger partial charge is 0.313 e. The number of carbonyl (C=O) groups is 1. The van der Waals surface area contributed by atoms with Crippen molar-refractivity contribution < 1.29 is 10.0 Å². The molecule has 1 aromatic carbocycles. The Labute approximate surface area is 126 Å².